The van der Waals surface area contributed by atoms with Gasteiger partial charge in [-0.2, -0.15) is 0 Å². The van der Waals surface area contributed by atoms with Crippen LogP contribution in [0.3, 0.4) is 0 Å². The fraction of sp³-hybridized carbons (Fsp3) is 1.00. The minimum atomic E-state index is 0.548. The van der Waals surface area contributed by atoms with E-state index in [0.717, 1.165) is 5.33 Å². The highest BCUT2D eigenvalue weighted by atomic mass is 79.9. The first-order valence-electron chi connectivity index (χ1n) is 2.02. The maximum Gasteiger partial charge on any atom is 0.0365 e. The summed E-state index contributed by atoms with van der Waals surface area (Å²) in [4.78, 5) is 1.10. The first kappa shape index (κ1) is 8.44. The van der Waals surface area contributed by atoms with E-state index in [1.54, 1.807) is 0 Å². The smallest absolute Gasteiger partial charge is 0.0365 e. The van der Waals surface area contributed by atoms with Gasteiger partial charge in [0.25, 0.3) is 0 Å². The molecule has 2 atom stereocenters. The van der Waals surface area contributed by atoms with Gasteiger partial charge in [-0.25, -0.2) is 0 Å². The lowest BCUT2D eigenvalue weighted by Gasteiger charge is -2.05. The first-order valence-corrected chi connectivity index (χ1v) is 4.98. The monoisotopic (exact) mass is 292 g/mol. The summed E-state index contributed by atoms with van der Waals surface area (Å²) in [7, 11) is 0. The van der Waals surface area contributed by atoms with Crippen LogP contribution in [0.5, 0.6) is 0 Å². The molecule has 0 nitrogen and oxygen atoms in total. The van der Waals surface area contributed by atoms with Gasteiger partial charge in [0.15, 0.2) is 0 Å². The van der Waals surface area contributed by atoms with Crippen LogP contribution in [0, 0.1) is 0 Å². The molecule has 0 saturated heterocycles. The van der Waals surface area contributed by atoms with Gasteiger partial charge in [-0.05, 0) is 0 Å². The Morgan fingerprint density at radius 3 is 1.86 bits per heavy atom. The van der Waals surface area contributed by atoms with E-state index < -0.39 is 0 Å². The number of alkyl halides is 3. The predicted octanol–water partition coefficient (Wildman–Crippen LogP) is 2.93. The predicted molar refractivity (Wildman–Crippen MR) is 44.9 cm³/mol. The Bertz CT molecular complexity index is 44.2. The highest BCUT2D eigenvalue weighted by Crippen LogP contribution is 2.14. The molecule has 0 heterocycles. The Balaban J connectivity index is 3.14. The molecule has 0 radical (unpaired) electrons. The SMILES string of the molecule is C[C@H](Br)[C@H](Br)CBr. The minimum Gasteiger partial charge on any atom is -0.0916 e. The quantitative estimate of drug-likeness (QED) is 0.687. The van der Waals surface area contributed by atoms with Gasteiger partial charge in [0.05, 0.1) is 0 Å². The van der Waals surface area contributed by atoms with Crippen molar-refractivity contribution in [2.45, 2.75) is 16.6 Å². The van der Waals surface area contributed by atoms with E-state index in [2.05, 4.69) is 54.7 Å². The van der Waals surface area contributed by atoms with Gasteiger partial charge in [0, 0.05) is 15.0 Å². The van der Waals surface area contributed by atoms with Crippen LogP contribution in [-0.2, 0) is 0 Å². The van der Waals surface area contributed by atoms with E-state index in [4.69, 9.17) is 0 Å². The third-order valence-electron chi connectivity index (χ3n) is 0.646. The molecule has 0 saturated carbocycles. The molecule has 0 aliphatic rings. The summed E-state index contributed by atoms with van der Waals surface area (Å²) in [6.45, 7) is 2.11. The van der Waals surface area contributed by atoms with Gasteiger partial charge in [-0.1, -0.05) is 54.7 Å². The van der Waals surface area contributed by atoms with E-state index >= 15 is 0 Å². The number of hydrogen-bond donors (Lipinski definition) is 0. The topological polar surface area (TPSA) is 0 Å². The lowest BCUT2D eigenvalue weighted by atomic mass is 10.4. The average Bonchev–Trinajstić information content (AvgIpc) is 1.65. The summed E-state index contributed by atoms with van der Waals surface area (Å²) in [5, 5.41) is 0.999. The van der Waals surface area contributed by atoms with E-state index in [0.29, 0.717) is 9.65 Å². The van der Waals surface area contributed by atoms with Gasteiger partial charge in [0.1, 0.15) is 0 Å². The maximum atomic E-state index is 3.45. The molecule has 0 aromatic rings. The molecule has 0 aliphatic carbocycles. The second kappa shape index (κ2) is 4.33. The van der Waals surface area contributed by atoms with Crippen molar-refractivity contribution in [3.63, 3.8) is 0 Å². The third kappa shape index (κ3) is 3.98. The molecule has 44 valence electrons. The molecular formula is C4H7Br3. The lowest BCUT2D eigenvalue weighted by molar-refractivity contribution is 0.976. The fourth-order valence-electron chi connectivity index (χ4n) is 0.123. The summed E-state index contributed by atoms with van der Waals surface area (Å²) in [5.74, 6) is 0. The Morgan fingerprint density at radius 2 is 1.86 bits per heavy atom. The summed E-state index contributed by atoms with van der Waals surface area (Å²) in [6.07, 6.45) is 0. The highest BCUT2D eigenvalue weighted by Gasteiger charge is 2.06. The standard InChI is InChI=1S/C4H7Br3/c1-3(6)4(7)2-5/h3-4H,2H2,1H3/t3-,4+/m0/s1. The van der Waals surface area contributed by atoms with Crippen molar-refractivity contribution >= 4 is 47.8 Å². The molecule has 0 rings (SSSR count). The second-order valence-corrected chi connectivity index (χ2v) is 4.62. The Morgan fingerprint density at radius 1 is 1.43 bits per heavy atom. The minimum absolute atomic E-state index is 0.548. The molecule has 0 amide bonds. The molecule has 0 unspecified atom stereocenters. The van der Waals surface area contributed by atoms with Gasteiger partial charge < -0.3 is 0 Å². The largest absolute Gasteiger partial charge is 0.0916 e. The van der Waals surface area contributed by atoms with Crippen molar-refractivity contribution in [2.24, 2.45) is 0 Å². The zero-order valence-electron chi connectivity index (χ0n) is 4.00. The molecule has 3 heteroatoms. The van der Waals surface area contributed by atoms with Crippen molar-refractivity contribution in [2.75, 3.05) is 5.33 Å². The number of halogens is 3. The van der Waals surface area contributed by atoms with Crippen LogP contribution in [0.15, 0.2) is 0 Å². The van der Waals surface area contributed by atoms with Crippen LogP contribution < -0.4 is 0 Å². The maximum absolute atomic E-state index is 3.45. The van der Waals surface area contributed by atoms with Crippen molar-refractivity contribution in [1.29, 1.82) is 0 Å². The average molecular weight is 295 g/mol. The summed E-state index contributed by atoms with van der Waals surface area (Å²) in [5.41, 5.74) is 0. The van der Waals surface area contributed by atoms with Gasteiger partial charge in [-0.3, -0.25) is 0 Å². The Hall–Kier alpha value is 1.44. The highest BCUT2D eigenvalue weighted by molar-refractivity contribution is 9.13. The molecular weight excluding hydrogens is 288 g/mol. The van der Waals surface area contributed by atoms with Gasteiger partial charge in [-0.15, -0.1) is 0 Å². The van der Waals surface area contributed by atoms with Gasteiger partial charge >= 0.3 is 0 Å². The molecule has 0 aromatic carbocycles. The van der Waals surface area contributed by atoms with Crippen molar-refractivity contribution in [3.8, 4) is 0 Å². The van der Waals surface area contributed by atoms with Crippen LogP contribution in [0.2, 0.25) is 0 Å². The molecule has 0 N–H and O–H groups in total. The van der Waals surface area contributed by atoms with Crippen LogP contribution in [0.25, 0.3) is 0 Å². The molecule has 0 aromatic heterocycles. The van der Waals surface area contributed by atoms with Crippen molar-refractivity contribution in [3.05, 3.63) is 0 Å². The van der Waals surface area contributed by atoms with Crippen LogP contribution in [0.1, 0.15) is 6.92 Å². The normalized spacial score (nSPS) is 18.9. The molecule has 0 spiro atoms. The number of hydrogen-bond acceptors (Lipinski definition) is 0. The zero-order chi connectivity index (χ0) is 5.86. The lowest BCUT2D eigenvalue weighted by Crippen LogP contribution is -2.09. The molecule has 0 fully saturated rings. The first-order chi connectivity index (χ1) is 3.18. The van der Waals surface area contributed by atoms with E-state index in [1.165, 1.54) is 0 Å². The van der Waals surface area contributed by atoms with Crippen LogP contribution >= 0.6 is 47.8 Å². The molecule has 0 bridgehead atoms. The van der Waals surface area contributed by atoms with E-state index in [1.807, 2.05) is 0 Å². The summed E-state index contributed by atoms with van der Waals surface area (Å²) >= 11 is 10.2. The van der Waals surface area contributed by atoms with Crippen molar-refractivity contribution < 1.29 is 0 Å². The number of rotatable bonds is 2. The van der Waals surface area contributed by atoms with Crippen LogP contribution in [-0.4, -0.2) is 15.0 Å². The second-order valence-electron chi connectivity index (χ2n) is 1.35. The van der Waals surface area contributed by atoms with Crippen molar-refractivity contribution in [1.82, 2.24) is 0 Å². The van der Waals surface area contributed by atoms with E-state index in [-0.39, 0.29) is 0 Å². The summed E-state index contributed by atoms with van der Waals surface area (Å²) < 4.78 is 0. The zero-order valence-corrected chi connectivity index (χ0v) is 8.75. The van der Waals surface area contributed by atoms with Crippen LogP contribution in [0.4, 0.5) is 0 Å². The molecule has 7 heavy (non-hydrogen) atoms. The van der Waals surface area contributed by atoms with Gasteiger partial charge in [0.2, 0.25) is 0 Å². The van der Waals surface area contributed by atoms with E-state index in [9.17, 15) is 0 Å². The Labute approximate surface area is 69.4 Å². The Kier molecular flexibility index (Phi) is 5.22. The third-order valence-corrected chi connectivity index (χ3v) is 4.68. The summed E-state index contributed by atoms with van der Waals surface area (Å²) in [6, 6.07) is 0. The fourth-order valence-corrected chi connectivity index (χ4v) is 1.37. The molecule has 0 aliphatic heterocycles.